The van der Waals surface area contributed by atoms with E-state index in [0.717, 1.165) is 31.7 Å². The van der Waals surface area contributed by atoms with Crippen molar-refractivity contribution >= 4 is 22.6 Å². The van der Waals surface area contributed by atoms with Crippen molar-refractivity contribution in [3.8, 4) is 16.9 Å². The lowest BCUT2D eigenvalue weighted by atomic mass is 10.0. The Bertz CT molecular complexity index is 1020. The fourth-order valence-corrected chi connectivity index (χ4v) is 3.73. The third-order valence-electron chi connectivity index (χ3n) is 5.30. The van der Waals surface area contributed by atoms with Crippen LogP contribution in [-0.4, -0.2) is 43.2 Å². The van der Waals surface area contributed by atoms with E-state index in [1.54, 1.807) is 36.4 Å². The van der Waals surface area contributed by atoms with Crippen LogP contribution in [0.4, 0.5) is 0 Å². The maximum absolute atomic E-state index is 13.0. The number of phenols is 1. The van der Waals surface area contributed by atoms with Crippen LogP contribution in [0.15, 0.2) is 51.9 Å². The fraction of sp³-hybridized carbons (Fsp3) is 0.286. The number of benzene rings is 2. The van der Waals surface area contributed by atoms with E-state index in [9.17, 15) is 9.90 Å². The van der Waals surface area contributed by atoms with E-state index in [1.807, 2.05) is 0 Å². The van der Waals surface area contributed by atoms with E-state index in [1.165, 1.54) is 11.2 Å². The summed E-state index contributed by atoms with van der Waals surface area (Å²) in [4.78, 5) is 16.7. The largest absolute Gasteiger partial charge is 0.507 e. The molecule has 2 N–H and O–H groups in total. The number of aromatic hydroxyl groups is 1. The lowest BCUT2D eigenvalue weighted by Crippen LogP contribution is -3.13. The first kappa shape index (κ1) is 18.0. The van der Waals surface area contributed by atoms with E-state index < -0.39 is 0 Å². The van der Waals surface area contributed by atoms with Gasteiger partial charge in [0.2, 0.25) is 5.43 Å². The molecule has 0 aliphatic carbocycles. The second-order valence-corrected chi connectivity index (χ2v) is 7.59. The van der Waals surface area contributed by atoms with Gasteiger partial charge in [0.05, 0.1) is 29.6 Å². The second kappa shape index (κ2) is 7.35. The summed E-state index contributed by atoms with van der Waals surface area (Å²) in [5.41, 5.74) is 2.32. The molecule has 27 heavy (non-hydrogen) atoms. The molecular weight excluding hydrogens is 364 g/mol. The highest BCUT2D eigenvalue weighted by Crippen LogP contribution is 2.28. The summed E-state index contributed by atoms with van der Waals surface area (Å²) in [6.07, 6.45) is 1.48. The molecule has 1 aliphatic heterocycles. The predicted molar refractivity (Wildman–Crippen MR) is 106 cm³/mol. The Labute approximate surface area is 162 Å². The minimum absolute atomic E-state index is 0.104. The summed E-state index contributed by atoms with van der Waals surface area (Å²) in [5.74, 6) is 0.177. The molecule has 1 aliphatic rings. The zero-order chi connectivity index (χ0) is 19.0. The number of phenolic OH excluding ortho intramolecular Hbond substituents is 1. The molecule has 3 aromatic rings. The van der Waals surface area contributed by atoms with E-state index in [4.69, 9.17) is 16.0 Å². The number of fused-ring (bicyclic) bond motifs is 1. The SMILES string of the molecule is CN1CC[NH+](Cc2c(O)ccc3c(=O)c(-c4ccc(Cl)cc4)coc23)CC1. The van der Waals surface area contributed by atoms with Gasteiger partial charge in [0.25, 0.3) is 0 Å². The zero-order valence-corrected chi connectivity index (χ0v) is 15.9. The minimum Gasteiger partial charge on any atom is -0.507 e. The highest BCUT2D eigenvalue weighted by Gasteiger charge is 2.22. The molecule has 140 valence electrons. The van der Waals surface area contributed by atoms with Crippen molar-refractivity contribution in [2.75, 3.05) is 33.2 Å². The van der Waals surface area contributed by atoms with E-state index in [0.29, 0.717) is 33.7 Å². The first-order chi connectivity index (χ1) is 13.0. The lowest BCUT2D eigenvalue weighted by Gasteiger charge is -2.29. The molecule has 0 amide bonds. The molecule has 0 atom stereocenters. The van der Waals surface area contributed by atoms with Gasteiger partial charge in [-0.2, -0.15) is 0 Å². The number of hydrogen-bond acceptors (Lipinski definition) is 4. The number of piperazine rings is 1. The molecule has 6 heteroatoms. The predicted octanol–water partition coefficient (Wildman–Crippen LogP) is 2.15. The molecule has 2 aromatic carbocycles. The van der Waals surface area contributed by atoms with Crippen molar-refractivity contribution in [3.63, 3.8) is 0 Å². The molecule has 0 spiro atoms. The maximum atomic E-state index is 13.0. The number of nitrogens with zero attached hydrogens (tertiary/aromatic N) is 1. The van der Waals surface area contributed by atoms with Gasteiger partial charge in [0.15, 0.2) is 0 Å². The van der Waals surface area contributed by atoms with Crippen LogP contribution in [0.3, 0.4) is 0 Å². The van der Waals surface area contributed by atoms with E-state index in [-0.39, 0.29) is 11.2 Å². The van der Waals surface area contributed by atoms with Gasteiger partial charge in [-0.3, -0.25) is 9.69 Å². The molecule has 1 saturated heterocycles. The van der Waals surface area contributed by atoms with Crippen molar-refractivity contribution in [2.24, 2.45) is 0 Å². The quantitative estimate of drug-likeness (QED) is 0.725. The van der Waals surface area contributed by atoms with E-state index in [2.05, 4.69) is 11.9 Å². The summed E-state index contributed by atoms with van der Waals surface area (Å²) in [7, 11) is 2.11. The Kier molecular flexibility index (Phi) is 4.91. The average Bonchev–Trinajstić information content (AvgIpc) is 2.67. The summed E-state index contributed by atoms with van der Waals surface area (Å²) < 4.78 is 5.87. The highest BCUT2D eigenvalue weighted by molar-refractivity contribution is 6.30. The average molecular weight is 386 g/mol. The Morgan fingerprint density at radius 3 is 2.56 bits per heavy atom. The molecule has 0 saturated carbocycles. The maximum Gasteiger partial charge on any atom is 0.200 e. The Hall–Kier alpha value is -2.34. The lowest BCUT2D eigenvalue weighted by molar-refractivity contribution is -0.917. The zero-order valence-electron chi connectivity index (χ0n) is 15.2. The van der Waals surface area contributed by atoms with Gasteiger partial charge in [-0.15, -0.1) is 0 Å². The third kappa shape index (κ3) is 3.58. The smallest absolute Gasteiger partial charge is 0.200 e. The van der Waals surface area contributed by atoms with Crippen LogP contribution in [0.5, 0.6) is 5.75 Å². The second-order valence-electron chi connectivity index (χ2n) is 7.16. The molecule has 0 unspecified atom stereocenters. The number of rotatable bonds is 3. The molecule has 1 aromatic heterocycles. The normalized spacial score (nSPS) is 16.1. The summed E-state index contributed by atoms with van der Waals surface area (Å²) in [6, 6.07) is 10.3. The van der Waals surface area contributed by atoms with Gasteiger partial charge in [-0.25, -0.2) is 0 Å². The standard InChI is InChI=1S/C21H21ClN2O3/c1-23-8-10-24(11-9-23)12-17-19(25)7-6-16-20(26)18(13-27-21(16)17)14-2-4-15(22)5-3-14/h2-7,13,25H,8-12H2,1H3/p+1. The summed E-state index contributed by atoms with van der Waals surface area (Å²) in [6.45, 7) is 4.68. The van der Waals surface area contributed by atoms with Crippen molar-refractivity contribution in [1.82, 2.24) is 4.90 Å². The van der Waals surface area contributed by atoms with Gasteiger partial charge >= 0.3 is 0 Å². The molecular formula is C21H22ClN2O3+. The Morgan fingerprint density at radius 1 is 1.15 bits per heavy atom. The van der Waals surface area contributed by atoms with Crippen molar-refractivity contribution < 1.29 is 14.4 Å². The molecule has 0 radical (unpaired) electrons. The monoisotopic (exact) mass is 385 g/mol. The first-order valence-corrected chi connectivity index (χ1v) is 9.45. The van der Waals surface area contributed by atoms with Crippen LogP contribution in [0.1, 0.15) is 5.56 Å². The van der Waals surface area contributed by atoms with Crippen LogP contribution in [0.2, 0.25) is 5.02 Å². The van der Waals surface area contributed by atoms with Crippen LogP contribution in [0, 0.1) is 0 Å². The third-order valence-corrected chi connectivity index (χ3v) is 5.55. The molecule has 4 rings (SSSR count). The minimum atomic E-state index is -0.104. The van der Waals surface area contributed by atoms with Gasteiger partial charge in [0, 0.05) is 18.1 Å². The van der Waals surface area contributed by atoms with Crippen LogP contribution in [0.25, 0.3) is 22.1 Å². The van der Waals surface area contributed by atoms with Gasteiger partial charge < -0.3 is 14.4 Å². The van der Waals surface area contributed by atoms with Crippen molar-refractivity contribution in [2.45, 2.75) is 6.54 Å². The van der Waals surface area contributed by atoms with Gasteiger partial charge in [-0.05, 0) is 36.9 Å². The van der Waals surface area contributed by atoms with Crippen molar-refractivity contribution in [1.29, 1.82) is 0 Å². The number of quaternary nitrogens is 1. The van der Waals surface area contributed by atoms with E-state index >= 15 is 0 Å². The molecule has 2 heterocycles. The summed E-state index contributed by atoms with van der Waals surface area (Å²) in [5, 5.41) is 11.5. The first-order valence-electron chi connectivity index (χ1n) is 9.07. The molecule has 0 bridgehead atoms. The number of likely N-dealkylation sites (N-methyl/N-ethyl adjacent to an activating group) is 1. The van der Waals surface area contributed by atoms with Gasteiger partial charge in [-0.1, -0.05) is 23.7 Å². The number of nitrogens with one attached hydrogen (secondary N) is 1. The van der Waals surface area contributed by atoms with Crippen molar-refractivity contribution in [3.05, 3.63) is 63.5 Å². The summed E-state index contributed by atoms with van der Waals surface area (Å²) >= 11 is 5.94. The topological polar surface area (TPSA) is 58.1 Å². The van der Waals surface area contributed by atoms with Crippen LogP contribution in [-0.2, 0) is 6.54 Å². The molecule has 1 fully saturated rings. The molecule has 5 nitrogen and oxygen atoms in total. The Morgan fingerprint density at radius 2 is 1.85 bits per heavy atom. The fourth-order valence-electron chi connectivity index (χ4n) is 3.61. The number of hydrogen-bond donors (Lipinski definition) is 2. The van der Waals surface area contributed by atoms with Crippen LogP contribution >= 0.6 is 11.6 Å². The Balaban J connectivity index is 1.75. The number of halogens is 1. The van der Waals surface area contributed by atoms with Gasteiger partial charge in [0.1, 0.15) is 24.1 Å². The van der Waals surface area contributed by atoms with Crippen LogP contribution < -0.4 is 10.3 Å². The highest BCUT2D eigenvalue weighted by atomic mass is 35.5.